The highest BCUT2D eigenvalue weighted by molar-refractivity contribution is 7.89. The van der Waals surface area contributed by atoms with E-state index in [2.05, 4.69) is 5.32 Å². The first-order valence-corrected chi connectivity index (χ1v) is 11.0. The third-order valence-corrected chi connectivity index (χ3v) is 7.51. The van der Waals surface area contributed by atoms with Crippen LogP contribution in [0.15, 0.2) is 29.2 Å². The van der Waals surface area contributed by atoms with E-state index in [0.29, 0.717) is 24.5 Å². The van der Waals surface area contributed by atoms with E-state index in [1.54, 1.807) is 28.6 Å². The van der Waals surface area contributed by atoms with Gasteiger partial charge in [-0.25, -0.2) is 8.42 Å². The smallest absolute Gasteiger partial charge is 0.243 e. The van der Waals surface area contributed by atoms with Gasteiger partial charge in [0.15, 0.2) is 0 Å². The molecule has 0 spiro atoms. The minimum absolute atomic E-state index is 0.0519. The molecule has 1 saturated carbocycles. The molecule has 0 radical (unpaired) electrons. The van der Waals surface area contributed by atoms with E-state index in [-0.39, 0.29) is 17.9 Å². The molecule has 2 fully saturated rings. The number of piperidine rings is 1. The lowest BCUT2D eigenvalue weighted by Gasteiger charge is -2.28. The molecule has 26 heavy (non-hydrogen) atoms. The molecule has 3 rings (SSSR count). The average molecular weight is 380 g/mol. The van der Waals surface area contributed by atoms with Gasteiger partial charge in [-0.3, -0.25) is 4.79 Å². The van der Waals surface area contributed by atoms with Gasteiger partial charge in [-0.2, -0.15) is 4.31 Å². The highest BCUT2D eigenvalue weighted by Gasteiger charge is 2.33. The number of benzene rings is 1. The van der Waals surface area contributed by atoms with Crippen molar-refractivity contribution < 1.29 is 13.2 Å². The van der Waals surface area contributed by atoms with Crippen molar-refractivity contribution >= 4 is 15.9 Å². The van der Waals surface area contributed by atoms with E-state index in [1.165, 1.54) is 0 Å². The number of nitrogens with one attached hydrogen (secondary N) is 1. The summed E-state index contributed by atoms with van der Waals surface area (Å²) in [7, 11) is -3.42. The Morgan fingerprint density at radius 2 is 1.65 bits per heavy atom. The first kappa shape index (κ1) is 19.3. The lowest BCUT2D eigenvalue weighted by atomic mass is 9.97. The van der Waals surface area contributed by atoms with Crippen molar-refractivity contribution in [3.8, 4) is 0 Å². The molecule has 1 aromatic rings. The fourth-order valence-electron chi connectivity index (χ4n) is 3.99. The average Bonchev–Trinajstić information content (AvgIpc) is 3.12. The zero-order chi connectivity index (χ0) is 18.6. The van der Waals surface area contributed by atoms with E-state index >= 15 is 0 Å². The predicted octanol–water partition coefficient (Wildman–Crippen LogP) is 1.79. The van der Waals surface area contributed by atoms with Crippen molar-refractivity contribution in [1.82, 2.24) is 9.62 Å². The second-order valence-corrected chi connectivity index (χ2v) is 9.46. The predicted molar refractivity (Wildman–Crippen MR) is 101 cm³/mol. The Morgan fingerprint density at radius 1 is 1.04 bits per heavy atom. The van der Waals surface area contributed by atoms with Gasteiger partial charge >= 0.3 is 0 Å². The van der Waals surface area contributed by atoms with Crippen LogP contribution in [0.3, 0.4) is 0 Å². The number of nitrogens with two attached hydrogens (primary N) is 1. The Bertz CT molecular complexity index is 719. The van der Waals surface area contributed by atoms with Gasteiger partial charge in [-0.15, -0.1) is 0 Å². The molecule has 1 aliphatic heterocycles. The van der Waals surface area contributed by atoms with Crippen LogP contribution in [0.25, 0.3) is 0 Å². The van der Waals surface area contributed by atoms with E-state index < -0.39 is 10.0 Å². The monoisotopic (exact) mass is 379 g/mol. The molecular formula is C19H29N3O3S. The van der Waals surface area contributed by atoms with Crippen molar-refractivity contribution in [1.29, 1.82) is 0 Å². The Labute approximate surface area is 156 Å². The maximum atomic E-state index is 12.7. The van der Waals surface area contributed by atoms with E-state index in [0.717, 1.165) is 50.5 Å². The molecule has 3 N–H and O–H groups in total. The van der Waals surface area contributed by atoms with Gasteiger partial charge in [0, 0.05) is 19.6 Å². The van der Waals surface area contributed by atoms with Crippen LogP contribution in [0.4, 0.5) is 0 Å². The standard InChI is InChI=1S/C19H29N3O3S/c20-15-19(10-2-3-11-19)21-18(23)14-16-6-8-17(9-7-16)26(24,25)22-12-4-1-5-13-22/h6-9H,1-5,10-15,20H2,(H,21,23). The van der Waals surface area contributed by atoms with Crippen molar-refractivity contribution in [3.63, 3.8) is 0 Å². The minimum Gasteiger partial charge on any atom is -0.349 e. The van der Waals surface area contributed by atoms with Crippen LogP contribution >= 0.6 is 0 Å². The second kappa shape index (κ2) is 8.06. The summed E-state index contributed by atoms with van der Waals surface area (Å²) in [5.74, 6) is -0.0519. The van der Waals surface area contributed by atoms with Crippen LogP contribution in [0.5, 0.6) is 0 Å². The van der Waals surface area contributed by atoms with E-state index in [9.17, 15) is 13.2 Å². The summed E-state index contributed by atoms with van der Waals surface area (Å²) in [6.45, 7) is 1.65. The molecule has 2 aliphatic rings. The highest BCUT2D eigenvalue weighted by Crippen LogP contribution is 2.28. The number of amides is 1. The maximum Gasteiger partial charge on any atom is 0.243 e. The zero-order valence-corrected chi connectivity index (χ0v) is 16.1. The quantitative estimate of drug-likeness (QED) is 0.788. The third-order valence-electron chi connectivity index (χ3n) is 5.60. The summed E-state index contributed by atoms with van der Waals surface area (Å²) < 4.78 is 26.9. The largest absolute Gasteiger partial charge is 0.349 e. The van der Waals surface area contributed by atoms with Crippen LogP contribution < -0.4 is 11.1 Å². The maximum absolute atomic E-state index is 12.7. The molecule has 6 nitrogen and oxygen atoms in total. The third kappa shape index (κ3) is 4.27. The summed E-state index contributed by atoms with van der Waals surface area (Å²) in [6, 6.07) is 6.70. The zero-order valence-electron chi connectivity index (χ0n) is 15.2. The number of nitrogens with zero attached hydrogens (tertiary/aromatic N) is 1. The summed E-state index contributed by atoms with van der Waals surface area (Å²) in [4.78, 5) is 12.7. The number of rotatable bonds is 6. The Kier molecular flexibility index (Phi) is 5.99. The fraction of sp³-hybridized carbons (Fsp3) is 0.632. The second-order valence-electron chi connectivity index (χ2n) is 7.53. The molecule has 7 heteroatoms. The lowest BCUT2D eigenvalue weighted by Crippen LogP contribution is -2.52. The summed E-state index contributed by atoms with van der Waals surface area (Å²) in [6.07, 6.45) is 7.22. The van der Waals surface area contributed by atoms with Crippen LogP contribution in [-0.2, 0) is 21.2 Å². The fourth-order valence-corrected chi connectivity index (χ4v) is 5.51. The minimum atomic E-state index is -3.42. The number of sulfonamides is 1. The van der Waals surface area contributed by atoms with E-state index in [1.807, 2.05) is 0 Å². The topological polar surface area (TPSA) is 92.5 Å². The Morgan fingerprint density at radius 3 is 2.23 bits per heavy atom. The number of carbonyl (C=O) groups excluding carboxylic acids is 1. The Hall–Kier alpha value is -1.44. The molecule has 0 unspecified atom stereocenters. The Balaban J connectivity index is 1.63. The molecule has 1 saturated heterocycles. The van der Waals surface area contributed by atoms with Gasteiger partial charge < -0.3 is 11.1 Å². The number of hydrogen-bond donors (Lipinski definition) is 2. The van der Waals surface area contributed by atoms with Crippen LogP contribution in [0.2, 0.25) is 0 Å². The highest BCUT2D eigenvalue weighted by atomic mass is 32.2. The van der Waals surface area contributed by atoms with Crippen LogP contribution in [0, 0.1) is 0 Å². The van der Waals surface area contributed by atoms with Crippen LogP contribution in [-0.4, -0.2) is 43.8 Å². The number of carbonyl (C=O) groups is 1. The van der Waals surface area contributed by atoms with Gasteiger partial charge in [0.2, 0.25) is 15.9 Å². The van der Waals surface area contributed by atoms with Gasteiger partial charge in [0.1, 0.15) is 0 Å². The summed E-state index contributed by atoms with van der Waals surface area (Å²) >= 11 is 0. The van der Waals surface area contributed by atoms with Crippen LogP contribution in [0.1, 0.15) is 50.5 Å². The molecule has 1 heterocycles. The van der Waals surface area contributed by atoms with Gasteiger partial charge in [0.25, 0.3) is 0 Å². The van der Waals surface area contributed by atoms with Gasteiger partial charge in [-0.05, 0) is 43.4 Å². The lowest BCUT2D eigenvalue weighted by molar-refractivity contribution is -0.122. The molecule has 1 aliphatic carbocycles. The molecule has 1 aromatic carbocycles. The SMILES string of the molecule is NCC1(NC(=O)Cc2ccc(S(=O)(=O)N3CCCCC3)cc2)CCCC1. The molecule has 144 valence electrons. The molecule has 0 atom stereocenters. The summed E-state index contributed by atoms with van der Waals surface area (Å²) in [5.41, 5.74) is 6.42. The van der Waals surface area contributed by atoms with Gasteiger partial charge in [0.05, 0.1) is 16.9 Å². The molecular weight excluding hydrogens is 350 g/mol. The summed E-state index contributed by atoms with van der Waals surface area (Å²) in [5, 5.41) is 3.10. The van der Waals surface area contributed by atoms with Gasteiger partial charge in [-0.1, -0.05) is 31.4 Å². The van der Waals surface area contributed by atoms with Crippen molar-refractivity contribution in [2.24, 2.45) is 5.73 Å². The van der Waals surface area contributed by atoms with Crippen molar-refractivity contribution in [2.45, 2.75) is 61.8 Å². The molecule has 1 amide bonds. The molecule has 0 bridgehead atoms. The molecule has 0 aromatic heterocycles. The van der Waals surface area contributed by atoms with Crippen molar-refractivity contribution in [3.05, 3.63) is 29.8 Å². The first-order chi connectivity index (χ1) is 12.5. The normalized spacial score (nSPS) is 20.8. The first-order valence-electron chi connectivity index (χ1n) is 9.55. The number of hydrogen-bond acceptors (Lipinski definition) is 4. The van der Waals surface area contributed by atoms with E-state index in [4.69, 9.17) is 5.73 Å². The van der Waals surface area contributed by atoms with Crippen molar-refractivity contribution in [2.75, 3.05) is 19.6 Å².